The van der Waals surface area contributed by atoms with Crippen molar-refractivity contribution in [1.82, 2.24) is 0 Å². The molecule has 0 rings (SSSR count). The van der Waals surface area contributed by atoms with Gasteiger partial charge in [-0.05, 0) is 26.2 Å². The fraction of sp³-hybridized carbons (Fsp3) is 1.00. The average molecular weight is 150 g/mol. The fourth-order valence-corrected chi connectivity index (χ4v) is 2.12. The summed E-state index contributed by atoms with van der Waals surface area (Å²) in [4.78, 5) is 0. The molecule has 0 spiro atoms. The molecule has 0 amide bonds. The van der Waals surface area contributed by atoms with Gasteiger partial charge in [-0.1, -0.05) is 0 Å². The van der Waals surface area contributed by atoms with Crippen LogP contribution in [-0.2, 0) is 9.15 Å². The van der Waals surface area contributed by atoms with Crippen molar-refractivity contribution in [2.24, 2.45) is 0 Å². The molecule has 0 saturated carbocycles. The predicted octanol–water partition coefficient (Wildman–Crippen LogP) is 0.901. The second-order valence-corrected chi connectivity index (χ2v) is 7.81. The third-order valence-corrected chi connectivity index (χ3v) is 1.63. The normalized spacial score (nSPS) is 13.5. The first-order valence-electron chi connectivity index (χ1n) is 2.87. The Balaban J connectivity index is 3.11. The molecule has 0 aliphatic heterocycles. The van der Waals surface area contributed by atoms with Gasteiger partial charge >= 0.3 is 0 Å². The van der Waals surface area contributed by atoms with Gasteiger partial charge in [0.25, 0.3) is 0 Å². The van der Waals surface area contributed by atoms with Crippen LogP contribution in [0, 0.1) is 0 Å². The van der Waals surface area contributed by atoms with E-state index in [4.69, 9.17) is 9.15 Å². The van der Waals surface area contributed by atoms with Crippen LogP contribution in [0.2, 0.25) is 26.2 Å². The molecule has 0 radical (unpaired) electrons. The Morgan fingerprint density at radius 1 is 1.25 bits per heavy atom. The Labute approximate surface area is 54.2 Å². The van der Waals surface area contributed by atoms with Crippen molar-refractivity contribution in [3.05, 3.63) is 0 Å². The van der Waals surface area contributed by atoms with Crippen LogP contribution in [0.15, 0.2) is 0 Å². The number of hydrogen-bond acceptors (Lipinski definition) is 2. The minimum atomic E-state index is -1.37. The first-order valence-corrected chi connectivity index (χ1v) is 8.27. The molecule has 0 unspecified atom stereocenters. The molecule has 0 heterocycles. The lowest BCUT2D eigenvalue weighted by atomic mass is 11.8. The largest absolute Gasteiger partial charge is 0.306 e. The maximum absolute atomic E-state index is 5.08. The van der Waals surface area contributed by atoms with Gasteiger partial charge in [-0.25, -0.2) is 0 Å². The van der Waals surface area contributed by atoms with E-state index in [-0.39, 0.29) is 9.76 Å². The smallest absolute Gasteiger partial charge is 0.228 e. The van der Waals surface area contributed by atoms with Gasteiger partial charge in [0.2, 0.25) is 18.1 Å². The van der Waals surface area contributed by atoms with E-state index < -0.39 is 8.32 Å². The first-order chi connectivity index (χ1) is 3.56. The maximum atomic E-state index is 5.08. The number of hydrogen-bond donors (Lipinski definition) is 0. The zero-order valence-corrected chi connectivity index (χ0v) is 8.44. The average Bonchev–Trinajstić information content (AvgIpc) is 1.59. The second kappa shape index (κ2) is 3.39. The third-order valence-electron chi connectivity index (χ3n) is 0.427. The van der Waals surface area contributed by atoms with Crippen molar-refractivity contribution in [3.8, 4) is 0 Å². The highest BCUT2D eigenvalue weighted by Gasteiger charge is 2.14. The molecule has 4 heteroatoms. The molecule has 50 valence electrons. The van der Waals surface area contributed by atoms with E-state index in [0.29, 0.717) is 0 Å². The highest BCUT2D eigenvalue weighted by atomic mass is 28.4. The second-order valence-electron chi connectivity index (χ2n) is 2.60. The molecule has 0 bridgehead atoms. The quantitative estimate of drug-likeness (QED) is 0.338. The molecule has 0 aliphatic carbocycles. The predicted molar refractivity (Wildman–Crippen MR) is 39.9 cm³/mol. The highest BCUT2D eigenvalue weighted by molar-refractivity contribution is 6.69. The summed E-state index contributed by atoms with van der Waals surface area (Å²) in [5.74, 6) is 0. The van der Waals surface area contributed by atoms with Crippen LogP contribution in [0.5, 0.6) is 0 Å². The zero-order chi connectivity index (χ0) is 6.62. The van der Waals surface area contributed by atoms with Crippen molar-refractivity contribution in [2.75, 3.05) is 0 Å². The lowest BCUT2D eigenvalue weighted by Crippen LogP contribution is -2.25. The van der Waals surface area contributed by atoms with Gasteiger partial charge < -0.3 is 4.58 Å². The summed E-state index contributed by atoms with van der Waals surface area (Å²) in [5, 5.41) is 0. The van der Waals surface area contributed by atoms with Crippen molar-refractivity contribution in [2.45, 2.75) is 26.2 Å². The summed E-state index contributed by atoms with van der Waals surface area (Å²) in [7, 11) is -1.72. The molecule has 0 aromatic carbocycles. The molecule has 0 aliphatic rings. The Hall–Kier alpha value is 0.354. The van der Waals surface area contributed by atoms with E-state index >= 15 is 0 Å². The molecule has 0 aromatic rings. The first kappa shape index (κ1) is 8.35. The van der Waals surface area contributed by atoms with E-state index in [1.54, 1.807) is 0 Å². The van der Waals surface area contributed by atoms with Crippen LogP contribution >= 0.6 is 0 Å². The van der Waals surface area contributed by atoms with Crippen LogP contribution < -0.4 is 0 Å². The highest BCUT2D eigenvalue weighted by Crippen LogP contribution is 2.01. The molecular weight excluding hydrogens is 136 g/mol. The minimum Gasteiger partial charge on any atom is -0.306 e. The molecular formula is C4H14O2Si2. The van der Waals surface area contributed by atoms with Gasteiger partial charge in [-0.2, -0.15) is 0 Å². The summed E-state index contributed by atoms with van der Waals surface area (Å²) in [6.45, 7) is 8.38. The van der Waals surface area contributed by atoms with Gasteiger partial charge in [-0.15, -0.1) is 0 Å². The standard InChI is InChI=1S/C4H14O2Si2/c1-7-5-6-8(2,3)4/h7H2,1-4H3. The van der Waals surface area contributed by atoms with E-state index in [9.17, 15) is 0 Å². The molecule has 0 saturated heterocycles. The van der Waals surface area contributed by atoms with Gasteiger partial charge in [-0.3, -0.25) is 4.58 Å². The van der Waals surface area contributed by atoms with E-state index in [1.807, 2.05) is 0 Å². The minimum absolute atomic E-state index is 0.353. The van der Waals surface area contributed by atoms with Gasteiger partial charge in [0, 0.05) is 0 Å². The Morgan fingerprint density at radius 3 is 1.88 bits per heavy atom. The molecule has 8 heavy (non-hydrogen) atoms. The Morgan fingerprint density at radius 2 is 1.75 bits per heavy atom. The molecule has 0 N–H and O–H groups in total. The molecule has 0 atom stereocenters. The lowest BCUT2D eigenvalue weighted by Gasteiger charge is -2.14. The van der Waals surface area contributed by atoms with Crippen LogP contribution in [0.25, 0.3) is 0 Å². The van der Waals surface area contributed by atoms with Crippen molar-refractivity contribution in [1.29, 1.82) is 0 Å². The SMILES string of the molecule is C[SiH2]OO[Si](C)(C)C. The summed E-state index contributed by atoms with van der Waals surface area (Å²) in [6, 6.07) is 0. The van der Waals surface area contributed by atoms with E-state index in [0.717, 1.165) is 0 Å². The summed E-state index contributed by atoms with van der Waals surface area (Å²) in [5.41, 5.74) is 0. The summed E-state index contributed by atoms with van der Waals surface area (Å²) < 4.78 is 9.98. The zero-order valence-electron chi connectivity index (χ0n) is 6.02. The van der Waals surface area contributed by atoms with Gasteiger partial charge in [0.15, 0.2) is 0 Å². The maximum Gasteiger partial charge on any atom is 0.228 e. The van der Waals surface area contributed by atoms with Crippen LogP contribution in [0.4, 0.5) is 0 Å². The van der Waals surface area contributed by atoms with E-state index in [1.165, 1.54) is 0 Å². The fourth-order valence-electron chi connectivity index (χ4n) is 0.236. The van der Waals surface area contributed by atoms with Crippen LogP contribution in [0.1, 0.15) is 0 Å². The van der Waals surface area contributed by atoms with E-state index in [2.05, 4.69) is 26.2 Å². The monoisotopic (exact) mass is 150 g/mol. The van der Waals surface area contributed by atoms with Crippen molar-refractivity contribution in [3.63, 3.8) is 0 Å². The van der Waals surface area contributed by atoms with Gasteiger partial charge in [0.05, 0.1) is 0 Å². The molecule has 0 aromatic heterocycles. The van der Waals surface area contributed by atoms with Crippen LogP contribution in [-0.4, -0.2) is 18.1 Å². The Kier molecular flexibility index (Phi) is 3.54. The Bertz CT molecular complexity index is 59.5. The van der Waals surface area contributed by atoms with Crippen molar-refractivity contribution >= 4 is 18.1 Å². The van der Waals surface area contributed by atoms with Crippen LogP contribution in [0.3, 0.4) is 0 Å². The molecule has 2 nitrogen and oxygen atoms in total. The summed E-state index contributed by atoms with van der Waals surface area (Å²) >= 11 is 0. The molecule has 0 fully saturated rings. The van der Waals surface area contributed by atoms with Gasteiger partial charge in [0.1, 0.15) is 0 Å². The number of rotatable bonds is 3. The third kappa shape index (κ3) is 6.35. The summed E-state index contributed by atoms with van der Waals surface area (Å²) in [6.07, 6.45) is 0. The van der Waals surface area contributed by atoms with Crippen molar-refractivity contribution < 1.29 is 9.15 Å². The lowest BCUT2D eigenvalue weighted by molar-refractivity contribution is -0.110. The topological polar surface area (TPSA) is 18.5 Å².